The molecule has 0 aromatic heterocycles. The molecule has 0 radical (unpaired) electrons. The summed E-state index contributed by atoms with van der Waals surface area (Å²) in [5, 5.41) is 1.59. The van der Waals surface area contributed by atoms with Gasteiger partial charge in [-0.1, -0.05) is 18.2 Å². The summed E-state index contributed by atoms with van der Waals surface area (Å²) in [6.45, 7) is 2.37. The summed E-state index contributed by atoms with van der Waals surface area (Å²) in [6.07, 6.45) is 0.897. The Bertz CT molecular complexity index is 416. The lowest BCUT2D eigenvalue weighted by molar-refractivity contribution is -0.157. The molecule has 0 amide bonds. The van der Waals surface area contributed by atoms with Crippen molar-refractivity contribution in [3.05, 3.63) is 35.9 Å². The molecule has 1 aromatic carbocycles. The highest BCUT2D eigenvalue weighted by atomic mass is 16.7. The Balaban J connectivity index is 1.97. The van der Waals surface area contributed by atoms with E-state index in [9.17, 15) is 9.59 Å². The fourth-order valence-electron chi connectivity index (χ4n) is 1.86. The van der Waals surface area contributed by atoms with Crippen molar-refractivity contribution in [3.8, 4) is 0 Å². The van der Waals surface area contributed by atoms with Crippen LogP contribution < -0.4 is 0 Å². The van der Waals surface area contributed by atoms with Gasteiger partial charge in [0.25, 0.3) is 0 Å². The van der Waals surface area contributed by atoms with Gasteiger partial charge in [0.1, 0.15) is 5.78 Å². The van der Waals surface area contributed by atoms with E-state index in [1.165, 1.54) is 0 Å². The Morgan fingerprint density at radius 1 is 1.35 bits per heavy atom. The molecule has 1 aliphatic heterocycles. The minimum Gasteiger partial charge on any atom is -0.364 e. The van der Waals surface area contributed by atoms with Crippen molar-refractivity contribution in [3.63, 3.8) is 0 Å². The summed E-state index contributed by atoms with van der Waals surface area (Å²) < 4.78 is 0. The van der Waals surface area contributed by atoms with E-state index in [1.54, 1.807) is 29.3 Å². The molecule has 4 heteroatoms. The lowest BCUT2D eigenvalue weighted by Gasteiger charge is -2.30. The van der Waals surface area contributed by atoms with Gasteiger partial charge >= 0.3 is 5.97 Å². The quantitative estimate of drug-likeness (QED) is 0.781. The smallest absolute Gasteiger partial charge is 0.357 e. The molecule has 17 heavy (non-hydrogen) atoms. The number of ketones is 1. The average molecular weight is 233 g/mol. The topological polar surface area (TPSA) is 46.6 Å². The van der Waals surface area contributed by atoms with Gasteiger partial charge in [-0.2, -0.15) is 0 Å². The minimum absolute atomic E-state index is 0.0380. The van der Waals surface area contributed by atoms with Crippen LogP contribution in [-0.2, 0) is 9.63 Å². The van der Waals surface area contributed by atoms with Gasteiger partial charge in [-0.05, 0) is 19.1 Å². The normalized spacial score (nSPS) is 21.2. The van der Waals surface area contributed by atoms with E-state index in [0.29, 0.717) is 24.9 Å². The first kappa shape index (κ1) is 11.8. The monoisotopic (exact) mass is 233 g/mol. The molecular weight excluding hydrogens is 218 g/mol. The van der Waals surface area contributed by atoms with Crippen molar-refractivity contribution in [2.75, 3.05) is 6.54 Å². The van der Waals surface area contributed by atoms with E-state index in [2.05, 4.69) is 0 Å². The number of rotatable bonds is 2. The number of piperidine rings is 1. The van der Waals surface area contributed by atoms with Gasteiger partial charge in [0.05, 0.1) is 11.6 Å². The first-order chi connectivity index (χ1) is 8.16. The van der Waals surface area contributed by atoms with Crippen LogP contribution >= 0.6 is 0 Å². The Labute approximate surface area is 100 Å². The maximum atomic E-state index is 11.8. The third kappa shape index (κ3) is 2.91. The van der Waals surface area contributed by atoms with Crippen LogP contribution in [0.1, 0.15) is 30.1 Å². The van der Waals surface area contributed by atoms with E-state index in [-0.39, 0.29) is 17.8 Å². The summed E-state index contributed by atoms with van der Waals surface area (Å²) in [6, 6.07) is 8.81. The molecule has 1 aromatic rings. The Morgan fingerprint density at radius 2 is 2.06 bits per heavy atom. The standard InChI is InChI=1S/C13H15NO3/c1-10-9-12(15)7-8-14(10)17-13(16)11-5-3-2-4-6-11/h2-6,10H,7-9H2,1H3. The zero-order valence-corrected chi connectivity index (χ0v) is 9.76. The van der Waals surface area contributed by atoms with Crippen LogP contribution in [0.4, 0.5) is 0 Å². The van der Waals surface area contributed by atoms with Crippen LogP contribution in [0.15, 0.2) is 30.3 Å². The number of nitrogens with zero attached hydrogens (tertiary/aromatic N) is 1. The predicted octanol–water partition coefficient (Wildman–Crippen LogP) is 1.81. The lowest BCUT2D eigenvalue weighted by atomic mass is 10.1. The second kappa shape index (κ2) is 5.10. The van der Waals surface area contributed by atoms with Crippen molar-refractivity contribution in [2.45, 2.75) is 25.8 Å². The number of hydroxylamine groups is 2. The van der Waals surface area contributed by atoms with Crippen LogP contribution in [0.25, 0.3) is 0 Å². The largest absolute Gasteiger partial charge is 0.364 e. The zero-order chi connectivity index (χ0) is 12.3. The van der Waals surface area contributed by atoms with E-state index in [0.717, 1.165) is 0 Å². The Hall–Kier alpha value is -1.68. The van der Waals surface area contributed by atoms with Crippen LogP contribution in [0.5, 0.6) is 0 Å². The molecule has 1 unspecified atom stereocenters. The number of benzene rings is 1. The number of Topliss-reactive ketones (excluding diaryl/α,β-unsaturated/α-hetero) is 1. The molecule has 1 fully saturated rings. The second-order valence-corrected chi connectivity index (χ2v) is 4.23. The van der Waals surface area contributed by atoms with Crippen molar-refractivity contribution in [1.29, 1.82) is 0 Å². The predicted molar refractivity (Wildman–Crippen MR) is 62.3 cm³/mol. The molecule has 2 rings (SSSR count). The van der Waals surface area contributed by atoms with Crippen molar-refractivity contribution >= 4 is 11.8 Å². The third-order valence-electron chi connectivity index (χ3n) is 2.84. The van der Waals surface area contributed by atoms with Crippen LogP contribution in [0.3, 0.4) is 0 Å². The molecule has 1 aliphatic rings. The molecule has 0 spiro atoms. The summed E-state index contributed by atoms with van der Waals surface area (Å²) in [7, 11) is 0. The van der Waals surface area contributed by atoms with Crippen LogP contribution in [0.2, 0.25) is 0 Å². The number of carbonyl (C=O) groups excluding carboxylic acids is 2. The second-order valence-electron chi connectivity index (χ2n) is 4.23. The zero-order valence-electron chi connectivity index (χ0n) is 9.76. The van der Waals surface area contributed by atoms with Gasteiger partial charge in [-0.15, -0.1) is 5.06 Å². The molecular formula is C13H15NO3. The molecule has 1 saturated heterocycles. The molecule has 0 aliphatic carbocycles. The molecule has 90 valence electrons. The Kier molecular flexibility index (Phi) is 3.54. The van der Waals surface area contributed by atoms with Crippen molar-refractivity contribution in [1.82, 2.24) is 5.06 Å². The van der Waals surface area contributed by atoms with Gasteiger partial charge in [-0.3, -0.25) is 4.79 Å². The molecule has 0 bridgehead atoms. The highest BCUT2D eigenvalue weighted by molar-refractivity contribution is 5.89. The van der Waals surface area contributed by atoms with E-state index < -0.39 is 0 Å². The molecule has 0 saturated carbocycles. The van der Waals surface area contributed by atoms with Crippen molar-refractivity contribution < 1.29 is 14.4 Å². The average Bonchev–Trinajstić information content (AvgIpc) is 2.34. The Morgan fingerprint density at radius 3 is 2.71 bits per heavy atom. The summed E-state index contributed by atoms with van der Waals surface area (Å²) in [4.78, 5) is 28.3. The summed E-state index contributed by atoms with van der Waals surface area (Å²) >= 11 is 0. The highest BCUT2D eigenvalue weighted by Crippen LogP contribution is 2.15. The maximum absolute atomic E-state index is 11.8. The number of hydrogen-bond acceptors (Lipinski definition) is 4. The minimum atomic E-state index is -0.369. The highest BCUT2D eigenvalue weighted by Gasteiger charge is 2.26. The number of carbonyl (C=O) groups is 2. The molecule has 4 nitrogen and oxygen atoms in total. The van der Waals surface area contributed by atoms with E-state index >= 15 is 0 Å². The van der Waals surface area contributed by atoms with Gasteiger partial charge in [-0.25, -0.2) is 4.79 Å². The van der Waals surface area contributed by atoms with Gasteiger partial charge in [0, 0.05) is 19.4 Å². The number of hydrogen-bond donors (Lipinski definition) is 0. The van der Waals surface area contributed by atoms with Crippen LogP contribution in [0, 0.1) is 0 Å². The van der Waals surface area contributed by atoms with Crippen molar-refractivity contribution in [2.24, 2.45) is 0 Å². The van der Waals surface area contributed by atoms with Gasteiger partial charge < -0.3 is 4.84 Å². The fourth-order valence-corrected chi connectivity index (χ4v) is 1.86. The molecule has 1 heterocycles. The van der Waals surface area contributed by atoms with Crippen LogP contribution in [-0.4, -0.2) is 29.4 Å². The fraction of sp³-hybridized carbons (Fsp3) is 0.385. The van der Waals surface area contributed by atoms with E-state index in [1.807, 2.05) is 13.0 Å². The molecule has 0 N–H and O–H groups in total. The lowest BCUT2D eigenvalue weighted by Crippen LogP contribution is -2.42. The first-order valence-corrected chi connectivity index (χ1v) is 5.72. The van der Waals surface area contributed by atoms with Gasteiger partial charge in [0.2, 0.25) is 0 Å². The maximum Gasteiger partial charge on any atom is 0.357 e. The molecule has 1 atom stereocenters. The SMILES string of the molecule is CC1CC(=O)CCN1OC(=O)c1ccccc1. The summed E-state index contributed by atoms with van der Waals surface area (Å²) in [5.74, 6) is -0.142. The summed E-state index contributed by atoms with van der Waals surface area (Å²) in [5.41, 5.74) is 0.525. The third-order valence-corrected chi connectivity index (χ3v) is 2.84. The first-order valence-electron chi connectivity index (χ1n) is 5.72. The van der Waals surface area contributed by atoms with Gasteiger partial charge in [0.15, 0.2) is 0 Å². The van der Waals surface area contributed by atoms with E-state index in [4.69, 9.17) is 4.84 Å².